The maximum Gasteiger partial charge on any atom is 0.308 e. The molecule has 0 aliphatic carbocycles. The van der Waals surface area contributed by atoms with Crippen molar-refractivity contribution in [2.75, 3.05) is 12.8 Å². The summed E-state index contributed by atoms with van der Waals surface area (Å²) in [5.74, 6) is -0.245. The van der Waals surface area contributed by atoms with Gasteiger partial charge in [0.15, 0.2) is 0 Å². The maximum atomic E-state index is 10.8. The minimum atomic E-state index is -0.943. The molecule has 0 aromatic carbocycles. The first-order valence-corrected chi connectivity index (χ1v) is 5.35. The van der Waals surface area contributed by atoms with Gasteiger partial charge in [-0.05, 0) is 12.3 Å². The van der Waals surface area contributed by atoms with Crippen LogP contribution in [0.1, 0.15) is 25.1 Å². The number of anilines is 1. The fourth-order valence-electron chi connectivity index (χ4n) is 1.58. The number of aliphatic carboxylic acids is 1. The standard InChI is InChI=1S/C11H17N3O3/c1-6(2)4-8-7(5-9(15)16)10(17-3)14-11(12)13-8/h6H,4-5H2,1-3H3,(H,15,16)(H2,12,13,14). The van der Waals surface area contributed by atoms with Gasteiger partial charge < -0.3 is 15.6 Å². The van der Waals surface area contributed by atoms with Crippen molar-refractivity contribution >= 4 is 11.9 Å². The molecule has 1 aromatic heterocycles. The molecule has 0 aliphatic rings. The summed E-state index contributed by atoms with van der Waals surface area (Å²) < 4.78 is 5.05. The smallest absolute Gasteiger partial charge is 0.308 e. The maximum absolute atomic E-state index is 10.8. The third-order valence-electron chi connectivity index (χ3n) is 2.20. The zero-order valence-corrected chi connectivity index (χ0v) is 10.2. The lowest BCUT2D eigenvalue weighted by Crippen LogP contribution is -2.13. The van der Waals surface area contributed by atoms with E-state index in [1.165, 1.54) is 7.11 Å². The van der Waals surface area contributed by atoms with E-state index in [2.05, 4.69) is 9.97 Å². The minimum Gasteiger partial charge on any atom is -0.481 e. The summed E-state index contributed by atoms with van der Waals surface area (Å²) in [4.78, 5) is 18.8. The molecule has 1 aromatic rings. The first kappa shape index (κ1) is 13.2. The summed E-state index contributed by atoms with van der Waals surface area (Å²) in [5.41, 5.74) is 6.71. The van der Waals surface area contributed by atoms with E-state index in [0.717, 1.165) is 0 Å². The van der Waals surface area contributed by atoms with Crippen molar-refractivity contribution in [2.45, 2.75) is 26.7 Å². The van der Waals surface area contributed by atoms with E-state index < -0.39 is 5.97 Å². The van der Waals surface area contributed by atoms with Crippen molar-refractivity contribution in [3.63, 3.8) is 0 Å². The van der Waals surface area contributed by atoms with Gasteiger partial charge in [-0.3, -0.25) is 4.79 Å². The molecule has 6 nitrogen and oxygen atoms in total. The Bertz CT molecular complexity index is 419. The fourth-order valence-corrected chi connectivity index (χ4v) is 1.58. The van der Waals surface area contributed by atoms with Gasteiger partial charge in [-0.15, -0.1) is 0 Å². The van der Waals surface area contributed by atoms with Gasteiger partial charge >= 0.3 is 5.97 Å². The molecule has 0 fully saturated rings. The Balaban J connectivity index is 3.22. The highest BCUT2D eigenvalue weighted by Crippen LogP contribution is 2.22. The lowest BCUT2D eigenvalue weighted by molar-refractivity contribution is -0.136. The molecule has 0 spiro atoms. The van der Waals surface area contributed by atoms with Crippen LogP contribution in [0.25, 0.3) is 0 Å². The number of rotatable bonds is 5. The summed E-state index contributed by atoms with van der Waals surface area (Å²) in [5, 5.41) is 8.87. The first-order chi connectivity index (χ1) is 7.93. The molecule has 3 N–H and O–H groups in total. The van der Waals surface area contributed by atoms with Gasteiger partial charge in [-0.25, -0.2) is 4.98 Å². The summed E-state index contributed by atoms with van der Waals surface area (Å²) in [6.07, 6.45) is 0.483. The Kier molecular flexibility index (Phi) is 4.25. The van der Waals surface area contributed by atoms with E-state index in [0.29, 0.717) is 23.6 Å². The fraction of sp³-hybridized carbons (Fsp3) is 0.545. The van der Waals surface area contributed by atoms with Crippen molar-refractivity contribution in [2.24, 2.45) is 5.92 Å². The molecule has 1 heterocycles. The number of carboxylic acid groups (broad SMARTS) is 1. The number of aromatic nitrogens is 2. The van der Waals surface area contributed by atoms with E-state index in [1.807, 2.05) is 13.8 Å². The van der Waals surface area contributed by atoms with Gasteiger partial charge in [0.25, 0.3) is 0 Å². The molecule has 0 bridgehead atoms. The number of carboxylic acids is 1. The molecule has 0 saturated heterocycles. The lowest BCUT2D eigenvalue weighted by atomic mass is 10.0. The predicted molar refractivity (Wildman–Crippen MR) is 62.9 cm³/mol. The second kappa shape index (κ2) is 5.47. The average Bonchev–Trinajstić information content (AvgIpc) is 2.20. The zero-order valence-electron chi connectivity index (χ0n) is 10.2. The largest absolute Gasteiger partial charge is 0.481 e. The molecule has 94 valence electrons. The minimum absolute atomic E-state index is 0.103. The zero-order chi connectivity index (χ0) is 13.0. The highest BCUT2D eigenvalue weighted by Gasteiger charge is 2.17. The highest BCUT2D eigenvalue weighted by molar-refractivity contribution is 5.71. The van der Waals surface area contributed by atoms with E-state index in [4.69, 9.17) is 15.6 Å². The van der Waals surface area contributed by atoms with Crippen LogP contribution in [0.15, 0.2) is 0 Å². The van der Waals surface area contributed by atoms with Crippen molar-refractivity contribution < 1.29 is 14.6 Å². The van der Waals surface area contributed by atoms with Crippen LogP contribution in [-0.2, 0) is 17.6 Å². The number of ether oxygens (including phenoxy) is 1. The lowest BCUT2D eigenvalue weighted by Gasteiger charge is -2.13. The topological polar surface area (TPSA) is 98.3 Å². The van der Waals surface area contributed by atoms with Gasteiger partial charge in [0.05, 0.1) is 19.2 Å². The van der Waals surface area contributed by atoms with Crippen LogP contribution in [-0.4, -0.2) is 28.2 Å². The number of methoxy groups -OCH3 is 1. The summed E-state index contributed by atoms with van der Waals surface area (Å²) in [6, 6.07) is 0. The van der Waals surface area contributed by atoms with E-state index in [-0.39, 0.29) is 18.2 Å². The van der Waals surface area contributed by atoms with Gasteiger partial charge in [-0.2, -0.15) is 4.98 Å². The Morgan fingerprint density at radius 1 is 1.47 bits per heavy atom. The molecule has 17 heavy (non-hydrogen) atoms. The number of carbonyl (C=O) groups is 1. The number of nitrogens with zero attached hydrogens (tertiary/aromatic N) is 2. The van der Waals surface area contributed by atoms with E-state index >= 15 is 0 Å². The van der Waals surface area contributed by atoms with Crippen molar-refractivity contribution in [3.05, 3.63) is 11.3 Å². The quantitative estimate of drug-likeness (QED) is 0.791. The molecule has 0 radical (unpaired) electrons. The Labute approximate surface area is 99.8 Å². The second-order valence-corrected chi connectivity index (χ2v) is 4.18. The van der Waals surface area contributed by atoms with Crippen LogP contribution in [0.3, 0.4) is 0 Å². The summed E-state index contributed by atoms with van der Waals surface area (Å²) in [6.45, 7) is 4.05. The van der Waals surface area contributed by atoms with Crippen molar-refractivity contribution in [1.29, 1.82) is 0 Å². The molecule has 1 rings (SSSR count). The predicted octanol–water partition coefficient (Wildman–Crippen LogP) is 0.893. The first-order valence-electron chi connectivity index (χ1n) is 5.35. The Morgan fingerprint density at radius 2 is 2.12 bits per heavy atom. The molecule has 0 amide bonds. The van der Waals surface area contributed by atoms with Gasteiger partial charge in [0.1, 0.15) is 0 Å². The van der Waals surface area contributed by atoms with Gasteiger partial charge in [0, 0.05) is 5.56 Å². The van der Waals surface area contributed by atoms with Crippen LogP contribution in [0, 0.1) is 5.92 Å². The monoisotopic (exact) mass is 239 g/mol. The van der Waals surface area contributed by atoms with Crippen LogP contribution in [0.4, 0.5) is 5.95 Å². The third kappa shape index (κ3) is 3.58. The Morgan fingerprint density at radius 3 is 2.59 bits per heavy atom. The number of hydrogen-bond acceptors (Lipinski definition) is 5. The van der Waals surface area contributed by atoms with Crippen LogP contribution >= 0.6 is 0 Å². The number of nitrogen functional groups attached to an aromatic ring is 1. The molecule has 6 heteroatoms. The van der Waals surface area contributed by atoms with Crippen LogP contribution < -0.4 is 10.5 Å². The highest BCUT2D eigenvalue weighted by atomic mass is 16.5. The normalized spacial score (nSPS) is 10.6. The molecular formula is C11H17N3O3. The second-order valence-electron chi connectivity index (χ2n) is 4.18. The molecule has 0 atom stereocenters. The molecular weight excluding hydrogens is 222 g/mol. The Hall–Kier alpha value is -1.85. The van der Waals surface area contributed by atoms with E-state index in [9.17, 15) is 4.79 Å². The van der Waals surface area contributed by atoms with Gasteiger partial charge in [0.2, 0.25) is 11.8 Å². The third-order valence-corrected chi connectivity index (χ3v) is 2.20. The van der Waals surface area contributed by atoms with Crippen molar-refractivity contribution in [3.8, 4) is 5.88 Å². The average molecular weight is 239 g/mol. The van der Waals surface area contributed by atoms with Gasteiger partial charge in [-0.1, -0.05) is 13.8 Å². The van der Waals surface area contributed by atoms with Crippen LogP contribution in [0.2, 0.25) is 0 Å². The van der Waals surface area contributed by atoms with E-state index in [1.54, 1.807) is 0 Å². The number of nitrogens with two attached hydrogens (primary N) is 1. The molecule has 0 aliphatic heterocycles. The van der Waals surface area contributed by atoms with Crippen LogP contribution in [0.5, 0.6) is 5.88 Å². The molecule has 0 unspecified atom stereocenters. The number of hydrogen-bond donors (Lipinski definition) is 2. The molecule has 0 saturated carbocycles. The SMILES string of the molecule is COc1nc(N)nc(CC(C)C)c1CC(=O)O. The summed E-state index contributed by atoms with van der Waals surface area (Å²) >= 11 is 0. The van der Waals surface area contributed by atoms with Crippen molar-refractivity contribution in [1.82, 2.24) is 9.97 Å². The summed E-state index contributed by atoms with van der Waals surface area (Å²) in [7, 11) is 1.44.